The number of nitrogens with two attached hydrogens (primary N) is 1. The lowest BCUT2D eigenvalue weighted by atomic mass is 10.1. The molecule has 2 nitrogen and oxygen atoms in total. The molecular weight excluding hydrogens is 208 g/mol. The molecule has 1 aromatic rings. The van der Waals surface area contributed by atoms with Gasteiger partial charge in [-0.25, -0.2) is 0 Å². The molecule has 0 saturated carbocycles. The second-order valence-electron chi connectivity index (χ2n) is 4.02. The van der Waals surface area contributed by atoms with Gasteiger partial charge in [-0.1, -0.05) is 18.5 Å². The number of hydrogen-bond donors (Lipinski definition) is 1. The van der Waals surface area contributed by atoms with Crippen LogP contribution in [0.5, 0.6) is 0 Å². The molecule has 0 bridgehead atoms. The number of benzene rings is 1. The predicted octanol–water partition coefficient (Wildman–Crippen LogP) is 3.15. The zero-order chi connectivity index (χ0) is 11.4. The molecule has 0 saturated heterocycles. The summed E-state index contributed by atoms with van der Waals surface area (Å²) in [6.07, 6.45) is 1.14. The highest BCUT2D eigenvalue weighted by molar-refractivity contribution is 6.30. The van der Waals surface area contributed by atoms with Gasteiger partial charge in [-0.05, 0) is 44.2 Å². The van der Waals surface area contributed by atoms with Crippen molar-refractivity contribution in [2.75, 3.05) is 12.8 Å². The van der Waals surface area contributed by atoms with Crippen LogP contribution in [-0.4, -0.2) is 18.0 Å². The Labute approximate surface area is 97.0 Å². The number of hydrogen-bond acceptors (Lipinski definition) is 2. The average Bonchev–Trinajstić information content (AvgIpc) is 2.22. The van der Waals surface area contributed by atoms with Gasteiger partial charge in [0.2, 0.25) is 0 Å². The SMILES string of the molecule is CCC(C)N(C)Cc1cc(Cl)ccc1N. The molecule has 1 aromatic carbocycles. The fourth-order valence-corrected chi connectivity index (χ4v) is 1.64. The topological polar surface area (TPSA) is 29.3 Å². The van der Waals surface area contributed by atoms with E-state index in [1.54, 1.807) is 0 Å². The van der Waals surface area contributed by atoms with Crippen LogP contribution in [-0.2, 0) is 6.54 Å². The predicted molar refractivity (Wildman–Crippen MR) is 67.1 cm³/mol. The Balaban J connectivity index is 2.75. The summed E-state index contributed by atoms with van der Waals surface area (Å²) < 4.78 is 0. The molecule has 0 radical (unpaired) electrons. The van der Waals surface area contributed by atoms with Gasteiger partial charge in [0.15, 0.2) is 0 Å². The summed E-state index contributed by atoms with van der Waals surface area (Å²) in [5.41, 5.74) is 7.81. The van der Waals surface area contributed by atoms with Crippen molar-refractivity contribution in [2.45, 2.75) is 32.9 Å². The van der Waals surface area contributed by atoms with Crippen molar-refractivity contribution < 1.29 is 0 Å². The summed E-state index contributed by atoms with van der Waals surface area (Å²) in [5, 5.41) is 0.747. The molecule has 0 spiro atoms. The molecule has 1 unspecified atom stereocenters. The standard InChI is InChI=1S/C12H19ClN2/c1-4-9(2)15(3)8-10-7-11(13)5-6-12(10)14/h5-7,9H,4,8,14H2,1-3H3. The van der Waals surface area contributed by atoms with Crippen molar-refractivity contribution in [3.8, 4) is 0 Å². The lowest BCUT2D eigenvalue weighted by Gasteiger charge is -2.24. The first-order valence-corrected chi connectivity index (χ1v) is 5.66. The Morgan fingerprint density at radius 1 is 1.47 bits per heavy atom. The molecule has 1 rings (SSSR count). The van der Waals surface area contributed by atoms with Gasteiger partial charge in [-0.3, -0.25) is 4.90 Å². The second-order valence-corrected chi connectivity index (χ2v) is 4.45. The van der Waals surface area contributed by atoms with Gasteiger partial charge in [-0.15, -0.1) is 0 Å². The van der Waals surface area contributed by atoms with Crippen molar-refractivity contribution in [1.82, 2.24) is 4.90 Å². The normalized spacial score (nSPS) is 13.1. The van der Waals surface area contributed by atoms with Crippen LogP contribution in [0.4, 0.5) is 5.69 Å². The fraction of sp³-hybridized carbons (Fsp3) is 0.500. The molecule has 0 aromatic heterocycles. The summed E-state index contributed by atoms with van der Waals surface area (Å²) >= 11 is 5.94. The zero-order valence-corrected chi connectivity index (χ0v) is 10.4. The molecule has 0 aliphatic carbocycles. The average molecular weight is 227 g/mol. The van der Waals surface area contributed by atoms with Crippen LogP contribution in [0, 0.1) is 0 Å². The van der Waals surface area contributed by atoms with Crippen LogP contribution >= 0.6 is 11.6 Å². The van der Waals surface area contributed by atoms with Gasteiger partial charge >= 0.3 is 0 Å². The highest BCUT2D eigenvalue weighted by Crippen LogP contribution is 2.20. The lowest BCUT2D eigenvalue weighted by molar-refractivity contribution is 0.244. The fourth-order valence-electron chi connectivity index (χ4n) is 1.45. The lowest BCUT2D eigenvalue weighted by Crippen LogP contribution is -2.28. The highest BCUT2D eigenvalue weighted by atomic mass is 35.5. The van der Waals surface area contributed by atoms with E-state index in [0.29, 0.717) is 6.04 Å². The van der Waals surface area contributed by atoms with E-state index in [4.69, 9.17) is 17.3 Å². The van der Waals surface area contributed by atoms with Crippen LogP contribution < -0.4 is 5.73 Å². The largest absolute Gasteiger partial charge is 0.398 e. The van der Waals surface area contributed by atoms with Gasteiger partial charge in [0.05, 0.1) is 0 Å². The summed E-state index contributed by atoms with van der Waals surface area (Å²) in [7, 11) is 2.11. The summed E-state index contributed by atoms with van der Waals surface area (Å²) in [6, 6.07) is 6.19. The summed E-state index contributed by atoms with van der Waals surface area (Å²) in [6.45, 7) is 5.24. The molecule has 0 aliphatic rings. The maximum Gasteiger partial charge on any atom is 0.0410 e. The van der Waals surface area contributed by atoms with E-state index < -0.39 is 0 Å². The van der Waals surface area contributed by atoms with E-state index in [9.17, 15) is 0 Å². The van der Waals surface area contributed by atoms with Crippen LogP contribution in [0.2, 0.25) is 5.02 Å². The molecule has 84 valence electrons. The van der Waals surface area contributed by atoms with Crippen molar-refractivity contribution in [2.24, 2.45) is 0 Å². The minimum atomic E-state index is 0.559. The third kappa shape index (κ3) is 3.40. The van der Waals surface area contributed by atoms with Crippen LogP contribution in [0.3, 0.4) is 0 Å². The second kappa shape index (κ2) is 5.38. The van der Waals surface area contributed by atoms with E-state index in [1.165, 1.54) is 0 Å². The van der Waals surface area contributed by atoms with Crippen LogP contribution in [0.15, 0.2) is 18.2 Å². The summed E-state index contributed by atoms with van der Waals surface area (Å²) in [4.78, 5) is 2.28. The van der Waals surface area contributed by atoms with Crippen molar-refractivity contribution >= 4 is 17.3 Å². The molecule has 15 heavy (non-hydrogen) atoms. The van der Waals surface area contributed by atoms with Crippen molar-refractivity contribution in [1.29, 1.82) is 0 Å². The minimum Gasteiger partial charge on any atom is -0.398 e. The molecule has 2 N–H and O–H groups in total. The molecule has 0 heterocycles. The van der Waals surface area contributed by atoms with Gasteiger partial charge in [-0.2, -0.15) is 0 Å². The first-order valence-electron chi connectivity index (χ1n) is 5.28. The van der Waals surface area contributed by atoms with E-state index >= 15 is 0 Å². The quantitative estimate of drug-likeness (QED) is 0.800. The molecule has 1 atom stereocenters. The maximum atomic E-state index is 5.94. The van der Waals surface area contributed by atoms with E-state index in [1.807, 2.05) is 18.2 Å². The Hall–Kier alpha value is -0.730. The molecule has 0 aliphatic heterocycles. The smallest absolute Gasteiger partial charge is 0.0410 e. The molecule has 0 fully saturated rings. The van der Waals surface area contributed by atoms with Crippen molar-refractivity contribution in [3.05, 3.63) is 28.8 Å². The molecule has 3 heteroatoms. The zero-order valence-electron chi connectivity index (χ0n) is 9.63. The Kier molecular flexibility index (Phi) is 4.43. The van der Waals surface area contributed by atoms with Gasteiger partial charge in [0.25, 0.3) is 0 Å². The van der Waals surface area contributed by atoms with Gasteiger partial charge in [0.1, 0.15) is 0 Å². The molecule has 0 amide bonds. The number of nitrogens with zero attached hydrogens (tertiary/aromatic N) is 1. The van der Waals surface area contributed by atoms with E-state index in [-0.39, 0.29) is 0 Å². The van der Waals surface area contributed by atoms with Crippen molar-refractivity contribution in [3.63, 3.8) is 0 Å². The van der Waals surface area contributed by atoms with Crippen LogP contribution in [0.25, 0.3) is 0 Å². The highest BCUT2D eigenvalue weighted by Gasteiger charge is 2.09. The molecular formula is C12H19ClN2. The number of nitrogen functional groups attached to an aromatic ring is 1. The summed E-state index contributed by atoms with van der Waals surface area (Å²) in [5.74, 6) is 0. The number of halogens is 1. The third-order valence-corrected chi connectivity index (χ3v) is 3.10. The monoisotopic (exact) mass is 226 g/mol. The van der Waals surface area contributed by atoms with Gasteiger partial charge in [0, 0.05) is 23.3 Å². The Bertz CT molecular complexity index is 325. The number of rotatable bonds is 4. The Morgan fingerprint density at radius 3 is 2.73 bits per heavy atom. The third-order valence-electron chi connectivity index (χ3n) is 2.87. The first-order chi connectivity index (χ1) is 7.04. The first kappa shape index (κ1) is 12.3. The van der Waals surface area contributed by atoms with E-state index in [2.05, 4.69) is 25.8 Å². The maximum absolute atomic E-state index is 5.94. The Morgan fingerprint density at radius 2 is 2.13 bits per heavy atom. The number of anilines is 1. The van der Waals surface area contributed by atoms with Crippen LogP contribution in [0.1, 0.15) is 25.8 Å². The minimum absolute atomic E-state index is 0.559. The van der Waals surface area contributed by atoms with E-state index in [0.717, 1.165) is 29.2 Å². The van der Waals surface area contributed by atoms with Gasteiger partial charge < -0.3 is 5.73 Å².